The summed E-state index contributed by atoms with van der Waals surface area (Å²) in [5.41, 5.74) is 16.0. The summed E-state index contributed by atoms with van der Waals surface area (Å²) in [7, 11) is 0. The lowest BCUT2D eigenvalue weighted by atomic mass is 9.84. The number of rotatable bonds is 6. The lowest BCUT2D eigenvalue weighted by molar-refractivity contribution is 0.670. The van der Waals surface area contributed by atoms with Crippen LogP contribution in [0.3, 0.4) is 0 Å². The molecule has 10 aromatic carbocycles. The maximum Gasteiger partial charge on any atom is 0.143 e. The zero-order chi connectivity index (χ0) is 37.7. The van der Waals surface area contributed by atoms with E-state index in [9.17, 15) is 0 Å². The summed E-state index contributed by atoms with van der Waals surface area (Å²) in [6.07, 6.45) is 0. The van der Waals surface area contributed by atoms with Crippen LogP contribution in [0.2, 0.25) is 0 Å². The van der Waals surface area contributed by atoms with E-state index in [4.69, 9.17) is 4.42 Å². The first-order valence-corrected chi connectivity index (χ1v) is 19.6. The Morgan fingerprint density at radius 3 is 1.33 bits per heavy atom. The molecule has 1 heteroatoms. The van der Waals surface area contributed by atoms with E-state index in [0.29, 0.717) is 0 Å². The minimum absolute atomic E-state index is 0.895. The normalized spacial score (nSPS) is 11.5. The standard InChI is InChI=1S/C56H36O/c1-4-16-37(17-5-1)40-22-15-25-44(33-40)50-35-45(36-52-46-26-12-13-29-53(46)57-56(50)52)42-24-14-23-41(32-42)43-30-31-49-51(34-43)55(39-20-8-3-9-21-39)48-28-11-10-27-47(48)54(49)38-18-6-2-7-19-38/h1-36H. The quantitative estimate of drug-likeness (QED) is 0.156. The van der Waals surface area contributed by atoms with E-state index in [-0.39, 0.29) is 0 Å². The maximum atomic E-state index is 6.63. The third-order valence-electron chi connectivity index (χ3n) is 11.4. The van der Waals surface area contributed by atoms with Crippen LogP contribution in [-0.4, -0.2) is 0 Å². The van der Waals surface area contributed by atoms with Crippen molar-refractivity contribution < 1.29 is 4.42 Å². The Morgan fingerprint density at radius 1 is 0.228 bits per heavy atom. The number of hydrogen-bond donors (Lipinski definition) is 0. The summed E-state index contributed by atoms with van der Waals surface area (Å²) in [6, 6.07) is 78.9. The molecule has 0 fully saturated rings. The Kier molecular flexibility index (Phi) is 7.89. The molecule has 0 saturated heterocycles. The Labute approximate surface area is 331 Å². The molecule has 0 aliphatic heterocycles. The van der Waals surface area contributed by atoms with Crippen molar-refractivity contribution >= 4 is 43.5 Å². The molecule has 0 unspecified atom stereocenters. The van der Waals surface area contributed by atoms with Gasteiger partial charge in [-0.3, -0.25) is 0 Å². The first-order chi connectivity index (χ1) is 28.3. The van der Waals surface area contributed by atoms with Crippen LogP contribution in [0.5, 0.6) is 0 Å². The van der Waals surface area contributed by atoms with Crippen molar-refractivity contribution in [2.24, 2.45) is 0 Å². The number of hydrogen-bond acceptors (Lipinski definition) is 1. The van der Waals surface area contributed by atoms with Crippen LogP contribution in [-0.2, 0) is 0 Å². The topological polar surface area (TPSA) is 13.1 Å². The van der Waals surface area contributed by atoms with Gasteiger partial charge in [0.15, 0.2) is 0 Å². The minimum atomic E-state index is 0.895. The second kappa shape index (κ2) is 13.7. The fourth-order valence-electron chi connectivity index (χ4n) is 8.77. The summed E-state index contributed by atoms with van der Waals surface area (Å²) in [6.45, 7) is 0. The summed E-state index contributed by atoms with van der Waals surface area (Å²) < 4.78 is 6.63. The van der Waals surface area contributed by atoms with Crippen LogP contribution < -0.4 is 0 Å². The highest BCUT2D eigenvalue weighted by Crippen LogP contribution is 2.46. The molecule has 0 aliphatic rings. The van der Waals surface area contributed by atoms with Crippen molar-refractivity contribution in [1.82, 2.24) is 0 Å². The van der Waals surface area contributed by atoms with Crippen molar-refractivity contribution in [1.29, 1.82) is 0 Å². The molecule has 11 rings (SSSR count). The molecule has 1 nitrogen and oxygen atoms in total. The highest BCUT2D eigenvalue weighted by atomic mass is 16.3. The zero-order valence-corrected chi connectivity index (χ0v) is 31.2. The molecule has 1 aromatic heterocycles. The molecule has 0 N–H and O–H groups in total. The van der Waals surface area contributed by atoms with Gasteiger partial charge in [-0.2, -0.15) is 0 Å². The van der Waals surface area contributed by atoms with Gasteiger partial charge < -0.3 is 4.42 Å². The van der Waals surface area contributed by atoms with Crippen LogP contribution in [0, 0.1) is 0 Å². The molecule has 0 atom stereocenters. The molecule has 0 radical (unpaired) electrons. The van der Waals surface area contributed by atoms with Gasteiger partial charge in [0.1, 0.15) is 11.2 Å². The zero-order valence-electron chi connectivity index (χ0n) is 31.2. The first-order valence-electron chi connectivity index (χ1n) is 19.6. The summed E-state index contributed by atoms with van der Waals surface area (Å²) in [5, 5.41) is 7.25. The van der Waals surface area contributed by atoms with Crippen LogP contribution in [0.1, 0.15) is 0 Å². The molecule has 0 amide bonds. The summed E-state index contributed by atoms with van der Waals surface area (Å²) in [5.74, 6) is 0. The van der Waals surface area contributed by atoms with Crippen LogP contribution in [0.25, 0.3) is 110 Å². The second-order valence-corrected chi connectivity index (χ2v) is 14.8. The SMILES string of the molecule is c1ccc(-c2cccc(-c3cc(-c4cccc(-c5ccc6c(-c7ccccc7)c7ccccc7c(-c7ccccc7)c6c5)c4)cc4c3oc3ccccc34)c2)cc1. The lowest BCUT2D eigenvalue weighted by Gasteiger charge is -2.19. The monoisotopic (exact) mass is 724 g/mol. The first kappa shape index (κ1) is 32.9. The van der Waals surface area contributed by atoms with Crippen molar-refractivity contribution in [3.8, 4) is 66.8 Å². The van der Waals surface area contributed by atoms with E-state index in [1.165, 1.54) is 66.1 Å². The molecule has 11 aromatic rings. The summed E-state index contributed by atoms with van der Waals surface area (Å²) >= 11 is 0. The Hall–Kier alpha value is -7.48. The third kappa shape index (κ3) is 5.72. The molecule has 0 spiro atoms. The Balaban J connectivity index is 1.11. The average molecular weight is 725 g/mol. The minimum Gasteiger partial charge on any atom is -0.455 e. The van der Waals surface area contributed by atoms with Gasteiger partial charge in [-0.1, -0.05) is 182 Å². The molecular formula is C56H36O. The molecule has 57 heavy (non-hydrogen) atoms. The summed E-state index contributed by atoms with van der Waals surface area (Å²) in [4.78, 5) is 0. The number of benzene rings is 10. The Bertz CT molecular complexity index is 3270. The molecule has 0 aliphatic carbocycles. The van der Waals surface area contributed by atoms with E-state index in [1.807, 2.05) is 6.07 Å². The van der Waals surface area contributed by atoms with Gasteiger partial charge in [0, 0.05) is 16.3 Å². The van der Waals surface area contributed by atoms with Crippen molar-refractivity contribution in [2.45, 2.75) is 0 Å². The molecule has 0 saturated carbocycles. The van der Waals surface area contributed by atoms with E-state index >= 15 is 0 Å². The van der Waals surface area contributed by atoms with Crippen LogP contribution in [0.4, 0.5) is 0 Å². The average Bonchev–Trinajstić information content (AvgIpc) is 3.67. The van der Waals surface area contributed by atoms with Gasteiger partial charge in [-0.25, -0.2) is 0 Å². The predicted molar refractivity (Wildman–Crippen MR) is 241 cm³/mol. The molecule has 0 bridgehead atoms. The predicted octanol–water partition coefficient (Wildman–Crippen LogP) is 15.9. The number of furan rings is 1. The highest BCUT2D eigenvalue weighted by molar-refractivity contribution is 6.22. The highest BCUT2D eigenvalue weighted by Gasteiger charge is 2.19. The van der Waals surface area contributed by atoms with Crippen LogP contribution in [0.15, 0.2) is 223 Å². The fraction of sp³-hybridized carbons (Fsp3) is 0. The lowest BCUT2D eigenvalue weighted by Crippen LogP contribution is -1.91. The van der Waals surface area contributed by atoms with E-state index in [2.05, 4.69) is 212 Å². The molecule has 1 heterocycles. The smallest absolute Gasteiger partial charge is 0.143 e. The Morgan fingerprint density at radius 2 is 0.667 bits per heavy atom. The van der Waals surface area contributed by atoms with E-state index in [1.54, 1.807) is 0 Å². The van der Waals surface area contributed by atoms with Crippen molar-refractivity contribution in [2.75, 3.05) is 0 Å². The van der Waals surface area contributed by atoms with Gasteiger partial charge in [-0.05, 0) is 119 Å². The van der Waals surface area contributed by atoms with E-state index in [0.717, 1.165) is 44.2 Å². The number of para-hydroxylation sites is 1. The van der Waals surface area contributed by atoms with Gasteiger partial charge in [0.05, 0.1) is 0 Å². The largest absolute Gasteiger partial charge is 0.455 e. The van der Waals surface area contributed by atoms with Gasteiger partial charge in [0.2, 0.25) is 0 Å². The fourth-order valence-corrected chi connectivity index (χ4v) is 8.77. The number of fused-ring (bicyclic) bond motifs is 5. The van der Waals surface area contributed by atoms with E-state index < -0.39 is 0 Å². The van der Waals surface area contributed by atoms with Gasteiger partial charge in [-0.15, -0.1) is 0 Å². The maximum absolute atomic E-state index is 6.63. The third-order valence-corrected chi connectivity index (χ3v) is 11.4. The van der Waals surface area contributed by atoms with Crippen LogP contribution >= 0.6 is 0 Å². The van der Waals surface area contributed by atoms with Gasteiger partial charge in [0.25, 0.3) is 0 Å². The van der Waals surface area contributed by atoms with Crippen molar-refractivity contribution in [3.63, 3.8) is 0 Å². The molecular weight excluding hydrogens is 689 g/mol. The molecule has 266 valence electrons. The second-order valence-electron chi connectivity index (χ2n) is 14.8. The van der Waals surface area contributed by atoms with Gasteiger partial charge >= 0.3 is 0 Å². The van der Waals surface area contributed by atoms with Crippen molar-refractivity contribution in [3.05, 3.63) is 218 Å².